The van der Waals surface area contributed by atoms with Crippen LogP contribution < -0.4 is 5.73 Å². The van der Waals surface area contributed by atoms with Crippen molar-refractivity contribution in [2.45, 2.75) is 12.7 Å². The maximum absolute atomic E-state index is 12.6. The Morgan fingerprint density at radius 2 is 1.72 bits per heavy atom. The third-order valence-electron chi connectivity index (χ3n) is 3.48. The fourth-order valence-electron chi connectivity index (χ4n) is 2.17. The molecule has 0 atom stereocenters. The van der Waals surface area contributed by atoms with Crippen molar-refractivity contribution in [1.29, 1.82) is 0 Å². The lowest BCUT2D eigenvalue weighted by Gasteiger charge is -2.07. The molecule has 154 valence electrons. The molecule has 11 heteroatoms. The van der Waals surface area contributed by atoms with Gasteiger partial charge in [0.1, 0.15) is 0 Å². The zero-order valence-electron chi connectivity index (χ0n) is 14.4. The topological polar surface area (TPSA) is 81.1 Å². The van der Waals surface area contributed by atoms with E-state index in [0.717, 1.165) is 10.6 Å². The molecule has 1 aromatic heterocycles. The molecule has 3 N–H and O–H groups in total. The van der Waals surface area contributed by atoms with Crippen LogP contribution in [0, 0.1) is 0 Å². The summed E-state index contributed by atoms with van der Waals surface area (Å²) in [4.78, 5) is 11.0. The first-order valence-electron chi connectivity index (χ1n) is 7.83. The lowest BCUT2D eigenvalue weighted by Crippen LogP contribution is -2.09. The monoisotopic (exact) mass is 465 g/mol. The van der Waals surface area contributed by atoms with Gasteiger partial charge in [-0.2, -0.15) is 18.3 Å². The number of hydrogen-bond donors (Lipinski definition) is 2. The molecule has 0 aliphatic heterocycles. The summed E-state index contributed by atoms with van der Waals surface area (Å²) >= 11 is 17.2. The van der Waals surface area contributed by atoms with Gasteiger partial charge in [0.2, 0.25) is 0 Å². The number of aromatic carboxylic acids is 1. The maximum Gasteiger partial charge on any atom is 0.435 e. The number of alkyl halides is 3. The molecule has 3 aromatic rings. The van der Waals surface area contributed by atoms with E-state index in [1.54, 1.807) is 0 Å². The van der Waals surface area contributed by atoms with Crippen LogP contribution in [0.2, 0.25) is 15.1 Å². The standard InChI is InChI=1S/C11H5Cl2F3N2O2.C7H8ClN/c12-5-1-2-6(13)7(3-5)18-8(10(19)20)4-9(17-18)11(14,15)16;8-7-3-1-2-6(4-7)5-9/h1-4H,(H,19,20);1-4H,5,9H2. The normalized spacial score (nSPS) is 11.0. The molecule has 0 radical (unpaired) electrons. The predicted octanol–water partition coefficient (Wildman–Crippen LogP) is 5.69. The number of carboxylic acid groups (broad SMARTS) is 1. The molecule has 1 heterocycles. The molecule has 2 aromatic carbocycles. The van der Waals surface area contributed by atoms with E-state index < -0.39 is 23.5 Å². The number of aromatic nitrogens is 2. The largest absolute Gasteiger partial charge is 0.477 e. The summed E-state index contributed by atoms with van der Waals surface area (Å²) in [5.41, 5.74) is 4.39. The van der Waals surface area contributed by atoms with Crippen molar-refractivity contribution >= 4 is 40.8 Å². The third-order valence-corrected chi connectivity index (χ3v) is 4.27. The van der Waals surface area contributed by atoms with E-state index in [2.05, 4.69) is 5.10 Å². The Hall–Kier alpha value is -2.26. The smallest absolute Gasteiger partial charge is 0.435 e. The van der Waals surface area contributed by atoms with Gasteiger partial charge in [0, 0.05) is 22.7 Å². The number of benzene rings is 2. The highest BCUT2D eigenvalue weighted by Crippen LogP contribution is 2.31. The molecule has 0 aliphatic carbocycles. The molecule has 29 heavy (non-hydrogen) atoms. The Morgan fingerprint density at radius 1 is 1.07 bits per heavy atom. The zero-order valence-corrected chi connectivity index (χ0v) is 16.7. The highest BCUT2D eigenvalue weighted by molar-refractivity contribution is 6.34. The molecule has 0 saturated heterocycles. The Balaban J connectivity index is 0.000000278. The van der Waals surface area contributed by atoms with Gasteiger partial charge in [-0.15, -0.1) is 0 Å². The van der Waals surface area contributed by atoms with Crippen molar-refractivity contribution in [3.63, 3.8) is 0 Å². The quantitative estimate of drug-likeness (QED) is 0.519. The molecule has 0 unspecified atom stereocenters. The summed E-state index contributed by atoms with van der Waals surface area (Å²) in [6, 6.07) is 11.9. The van der Waals surface area contributed by atoms with Gasteiger partial charge < -0.3 is 10.8 Å². The van der Waals surface area contributed by atoms with Crippen molar-refractivity contribution in [2.75, 3.05) is 0 Å². The molecule has 0 spiro atoms. The van der Waals surface area contributed by atoms with E-state index in [9.17, 15) is 18.0 Å². The van der Waals surface area contributed by atoms with Gasteiger partial charge in [-0.25, -0.2) is 9.48 Å². The summed E-state index contributed by atoms with van der Waals surface area (Å²) in [6.07, 6.45) is -4.76. The fraction of sp³-hybridized carbons (Fsp3) is 0.111. The van der Waals surface area contributed by atoms with Crippen LogP contribution in [0.5, 0.6) is 0 Å². The molecule has 3 rings (SSSR count). The van der Waals surface area contributed by atoms with Crippen LogP contribution in [-0.2, 0) is 12.7 Å². The third kappa shape index (κ3) is 6.11. The van der Waals surface area contributed by atoms with Crippen LogP contribution in [0.1, 0.15) is 21.7 Å². The second-order valence-corrected chi connectivity index (χ2v) is 6.84. The van der Waals surface area contributed by atoms with Crippen LogP contribution >= 0.6 is 34.8 Å². The fourth-order valence-corrected chi connectivity index (χ4v) is 2.74. The molecule has 0 saturated carbocycles. The van der Waals surface area contributed by atoms with Gasteiger partial charge in [-0.1, -0.05) is 46.9 Å². The van der Waals surface area contributed by atoms with Crippen molar-refractivity contribution in [3.8, 4) is 5.69 Å². The Bertz CT molecular complexity index is 1020. The Labute approximate surface area is 178 Å². The van der Waals surface area contributed by atoms with Crippen LogP contribution in [0.15, 0.2) is 48.5 Å². The lowest BCUT2D eigenvalue weighted by atomic mass is 10.2. The number of halogens is 6. The number of nitrogens with zero attached hydrogens (tertiary/aromatic N) is 2. The average Bonchev–Trinajstić information content (AvgIpc) is 3.10. The minimum absolute atomic E-state index is 0.0220. The van der Waals surface area contributed by atoms with Crippen LogP contribution in [-0.4, -0.2) is 20.9 Å². The molecule has 0 aliphatic rings. The van der Waals surface area contributed by atoms with Crippen molar-refractivity contribution in [3.05, 3.63) is 80.6 Å². The average molecular weight is 467 g/mol. The second kappa shape index (κ2) is 9.49. The van der Waals surface area contributed by atoms with Gasteiger partial charge >= 0.3 is 12.1 Å². The number of hydrogen-bond acceptors (Lipinski definition) is 3. The summed E-state index contributed by atoms with van der Waals surface area (Å²) in [5.74, 6) is -1.57. The van der Waals surface area contributed by atoms with Crippen molar-refractivity contribution in [2.24, 2.45) is 5.73 Å². The van der Waals surface area contributed by atoms with E-state index in [1.165, 1.54) is 18.2 Å². The van der Waals surface area contributed by atoms with Crippen LogP contribution in [0.4, 0.5) is 13.2 Å². The van der Waals surface area contributed by atoms with Crippen LogP contribution in [0.25, 0.3) is 5.69 Å². The highest BCUT2D eigenvalue weighted by Gasteiger charge is 2.36. The number of rotatable bonds is 3. The van der Waals surface area contributed by atoms with Crippen LogP contribution in [0.3, 0.4) is 0 Å². The first-order valence-corrected chi connectivity index (χ1v) is 8.96. The summed E-state index contributed by atoms with van der Waals surface area (Å²) in [5, 5.41) is 13.2. The van der Waals surface area contributed by atoms with E-state index in [0.29, 0.717) is 17.3 Å². The minimum atomic E-state index is -4.76. The van der Waals surface area contributed by atoms with E-state index >= 15 is 0 Å². The Morgan fingerprint density at radius 3 is 2.24 bits per heavy atom. The van der Waals surface area contributed by atoms with E-state index in [-0.39, 0.29) is 15.7 Å². The molecular formula is C18H13Cl3F3N3O2. The summed E-state index contributed by atoms with van der Waals surface area (Å²) < 4.78 is 38.4. The van der Waals surface area contributed by atoms with Gasteiger partial charge in [-0.05, 0) is 35.9 Å². The summed E-state index contributed by atoms with van der Waals surface area (Å²) in [7, 11) is 0. The molecule has 5 nitrogen and oxygen atoms in total. The van der Waals surface area contributed by atoms with Gasteiger partial charge in [0.25, 0.3) is 0 Å². The minimum Gasteiger partial charge on any atom is -0.477 e. The molecule has 0 amide bonds. The number of carbonyl (C=O) groups is 1. The van der Waals surface area contributed by atoms with Crippen molar-refractivity contribution < 1.29 is 23.1 Å². The zero-order chi connectivity index (χ0) is 21.8. The second-order valence-electron chi connectivity index (χ2n) is 5.56. The number of nitrogens with two attached hydrogens (primary N) is 1. The summed E-state index contributed by atoms with van der Waals surface area (Å²) in [6.45, 7) is 0.556. The van der Waals surface area contributed by atoms with E-state index in [1.807, 2.05) is 24.3 Å². The highest BCUT2D eigenvalue weighted by atomic mass is 35.5. The maximum atomic E-state index is 12.6. The molecular weight excluding hydrogens is 454 g/mol. The molecule has 0 bridgehead atoms. The van der Waals surface area contributed by atoms with Crippen molar-refractivity contribution in [1.82, 2.24) is 9.78 Å². The first-order chi connectivity index (χ1) is 13.5. The SMILES string of the molecule is NCc1cccc(Cl)c1.O=C(O)c1cc(C(F)(F)F)nn1-c1cc(Cl)ccc1Cl. The van der Waals surface area contributed by atoms with Gasteiger partial charge in [0.05, 0.1) is 10.7 Å². The van der Waals surface area contributed by atoms with E-state index in [4.69, 9.17) is 45.6 Å². The van der Waals surface area contributed by atoms with Gasteiger partial charge in [-0.3, -0.25) is 0 Å². The number of carboxylic acids is 1. The lowest BCUT2D eigenvalue weighted by molar-refractivity contribution is -0.141. The Kier molecular flexibility index (Phi) is 7.54. The van der Waals surface area contributed by atoms with Gasteiger partial charge in [0.15, 0.2) is 11.4 Å². The molecule has 0 fully saturated rings. The predicted molar refractivity (Wildman–Crippen MR) is 105 cm³/mol. The first kappa shape index (κ1) is 23.0.